The average Bonchev–Trinajstić information content (AvgIpc) is 2.81. The summed E-state index contributed by atoms with van der Waals surface area (Å²) in [4.78, 5) is 14.4. The Morgan fingerprint density at radius 3 is 3.00 bits per heavy atom. The van der Waals surface area contributed by atoms with Crippen LogP contribution in [0.1, 0.15) is 17.3 Å². The second-order valence-corrected chi connectivity index (χ2v) is 5.05. The molecule has 2 heterocycles. The van der Waals surface area contributed by atoms with Crippen molar-refractivity contribution in [2.75, 3.05) is 13.6 Å². The van der Waals surface area contributed by atoms with E-state index in [-0.39, 0.29) is 11.8 Å². The molecular weight excluding hydrogens is 260 g/mol. The number of aromatic nitrogens is 2. The van der Waals surface area contributed by atoms with E-state index >= 15 is 0 Å². The number of fused-ring (bicyclic) bond motifs is 1. The first-order valence-electron chi connectivity index (χ1n) is 5.98. The molecule has 2 aromatic rings. The number of carbonyl (C=O) groups excluding carboxylic acids is 1. The molecule has 6 heteroatoms. The number of rotatable bonds is 4. The van der Waals surface area contributed by atoms with Crippen LogP contribution in [0.2, 0.25) is 0 Å². The molecular formula is C13H16N4OS. The maximum atomic E-state index is 12.4. The van der Waals surface area contributed by atoms with Crippen LogP contribution in [0.25, 0.3) is 5.52 Å². The van der Waals surface area contributed by atoms with Gasteiger partial charge in [-0.15, -0.1) is 0 Å². The van der Waals surface area contributed by atoms with Gasteiger partial charge in [0.15, 0.2) is 0 Å². The molecule has 0 spiro atoms. The number of carbonyl (C=O) groups is 1. The first-order chi connectivity index (χ1) is 9.00. The van der Waals surface area contributed by atoms with Crippen molar-refractivity contribution < 1.29 is 4.79 Å². The number of thiocarbonyl (C=S) groups is 1. The van der Waals surface area contributed by atoms with E-state index in [1.54, 1.807) is 22.7 Å². The molecule has 0 radical (unpaired) electrons. The lowest BCUT2D eigenvalue weighted by Crippen LogP contribution is -2.35. The summed E-state index contributed by atoms with van der Waals surface area (Å²) in [6.45, 7) is 2.40. The van der Waals surface area contributed by atoms with Crippen molar-refractivity contribution in [3.8, 4) is 0 Å². The molecule has 1 atom stereocenters. The number of nitrogens with zero attached hydrogens (tertiary/aromatic N) is 3. The van der Waals surface area contributed by atoms with Crippen LogP contribution in [-0.4, -0.2) is 39.0 Å². The third-order valence-electron chi connectivity index (χ3n) is 3.04. The Labute approximate surface area is 117 Å². The highest BCUT2D eigenvalue weighted by molar-refractivity contribution is 7.80. The van der Waals surface area contributed by atoms with E-state index in [0.717, 1.165) is 5.52 Å². The quantitative estimate of drug-likeness (QED) is 0.856. The van der Waals surface area contributed by atoms with Gasteiger partial charge in [0.2, 0.25) is 0 Å². The molecule has 0 fully saturated rings. The highest BCUT2D eigenvalue weighted by Crippen LogP contribution is 2.13. The van der Waals surface area contributed by atoms with E-state index in [9.17, 15) is 4.79 Å². The topological polar surface area (TPSA) is 63.6 Å². The molecule has 0 aromatic carbocycles. The number of pyridine rings is 1. The summed E-state index contributed by atoms with van der Waals surface area (Å²) in [5, 5.41) is 4.16. The monoisotopic (exact) mass is 276 g/mol. The summed E-state index contributed by atoms with van der Waals surface area (Å²) < 4.78 is 1.68. The van der Waals surface area contributed by atoms with E-state index in [2.05, 4.69) is 5.10 Å². The third-order valence-corrected chi connectivity index (χ3v) is 3.44. The van der Waals surface area contributed by atoms with Gasteiger partial charge in [-0.25, -0.2) is 4.52 Å². The van der Waals surface area contributed by atoms with E-state index < -0.39 is 0 Å². The van der Waals surface area contributed by atoms with Gasteiger partial charge in [0, 0.05) is 25.7 Å². The summed E-state index contributed by atoms with van der Waals surface area (Å²) in [7, 11) is 1.74. The second-order valence-electron chi connectivity index (χ2n) is 4.58. The van der Waals surface area contributed by atoms with E-state index in [1.807, 2.05) is 31.3 Å². The molecule has 1 unspecified atom stereocenters. The van der Waals surface area contributed by atoms with Gasteiger partial charge < -0.3 is 10.6 Å². The Morgan fingerprint density at radius 2 is 2.32 bits per heavy atom. The smallest absolute Gasteiger partial charge is 0.257 e. The lowest BCUT2D eigenvalue weighted by atomic mass is 10.1. The Hall–Kier alpha value is -1.95. The van der Waals surface area contributed by atoms with Crippen molar-refractivity contribution in [3.63, 3.8) is 0 Å². The predicted molar refractivity (Wildman–Crippen MR) is 78.1 cm³/mol. The molecule has 0 aliphatic rings. The molecule has 2 rings (SSSR count). The van der Waals surface area contributed by atoms with Gasteiger partial charge in [-0.05, 0) is 12.1 Å². The lowest BCUT2D eigenvalue weighted by molar-refractivity contribution is 0.0789. The fourth-order valence-electron chi connectivity index (χ4n) is 1.89. The van der Waals surface area contributed by atoms with Crippen molar-refractivity contribution in [2.45, 2.75) is 6.92 Å². The lowest BCUT2D eigenvalue weighted by Gasteiger charge is -2.20. The van der Waals surface area contributed by atoms with Gasteiger partial charge >= 0.3 is 0 Å². The van der Waals surface area contributed by atoms with Crippen molar-refractivity contribution in [2.24, 2.45) is 11.7 Å². The zero-order valence-corrected chi connectivity index (χ0v) is 11.7. The van der Waals surface area contributed by atoms with Crippen LogP contribution >= 0.6 is 12.2 Å². The van der Waals surface area contributed by atoms with Crippen LogP contribution in [-0.2, 0) is 0 Å². The third kappa shape index (κ3) is 2.73. The van der Waals surface area contributed by atoms with Crippen molar-refractivity contribution in [3.05, 3.63) is 36.2 Å². The Morgan fingerprint density at radius 1 is 1.58 bits per heavy atom. The number of nitrogens with two attached hydrogens (primary N) is 1. The first kappa shape index (κ1) is 13.5. The molecule has 5 nitrogen and oxygen atoms in total. The molecule has 0 aliphatic carbocycles. The minimum Gasteiger partial charge on any atom is -0.393 e. The molecule has 2 N–H and O–H groups in total. The van der Waals surface area contributed by atoms with Crippen LogP contribution < -0.4 is 5.73 Å². The summed E-state index contributed by atoms with van der Waals surface area (Å²) in [6, 6.07) is 5.61. The molecule has 100 valence electrons. The molecule has 2 aromatic heterocycles. The zero-order valence-electron chi connectivity index (χ0n) is 10.9. The maximum Gasteiger partial charge on any atom is 0.257 e. The molecule has 0 bridgehead atoms. The van der Waals surface area contributed by atoms with Gasteiger partial charge in [-0.3, -0.25) is 4.79 Å². The first-order valence-corrected chi connectivity index (χ1v) is 6.38. The molecule has 0 saturated heterocycles. The highest BCUT2D eigenvalue weighted by atomic mass is 32.1. The second kappa shape index (κ2) is 5.36. The molecule has 0 saturated carbocycles. The number of amides is 1. The Kier molecular flexibility index (Phi) is 3.80. The zero-order chi connectivity index (χ0) is 14.0. The van der Waals surface area contributed by atoms with Gasteiger partial charge in [0.1, 0.15) is 0 Å². The Bertz CT molecular complexity index is 622. The van der Waals surface area contributed by atoms with Gasteiger partial charge in [0.25, 0.3) is 5.91 Å². The molecule has 0 aliphatic heterocycles. The van der Waals surface area contributed by atoms with Crippen LogP contribution in [0, 0.1) is 5.92 Å². The van der Waals surface area contributed by atoms with Crippen molar-refractivity contribution >= 4 is 28.6 Å². The normalized spacial score (nSPS) is 12.3. The minimum atomic E-state index is -0.0794. The summed E-state index contributed by atoms with van der Waals surface area (Å²) in [5.41, 5.74) is 6.95. The Balaban J connectivity index is 2.22. The summed E-state index contributed by atoms with van der Waals surface area (Å²) >= 11 is 4.92. The standard InChI is InChI=1S/C13H16N4OS/c1-9(12(14)19)8-16(2)13(18)10-7-15-17-6-4-3-5-11(10)17/h3-7,9H,8H2,1-2H3,(H2,14,19). The fraction of sp³-hybridized carbons (Fsp3) is 0.308. The maximum absolute atomic E-state index is 12.4. The van der Waals surface area contributed by atoms with Crippen LogP contribution in [0.4, 0.5) is 0 Å². The van der Waals surface area contributed by atoms with E-state index in [4.69, 9.17) is 18.0 Å². The summed E-state index contributed by atoms with van der Waals surface area (Å²) in [6.07, 6.45) is 3.39. The highest BCUT2D eigenvalue weighted by Gasteiger charge is 2.19. The number of hydrogen-bond donors (Lipinski definition) is 1. The van der Waals surface area contributed by atoms with Crippen molar-refractivity contribution in [1.82, 2.24) is 14.5 Å². The fourth-order valence-corrected chi connectivity index (χ4v) is 1.96. The van der Waals surface area contributed by atoms with Crippen LogP contribution in [0.15, 0.2) is 30.6 Å². The SMILES string of the molecule is CC(CN(C)C(=O)c1cnn2ccccc12)C(N)=S. The van der Waals surface area contributed by atoms with Gasteiger partial charge in [0.05, 0.1) is 22.3 Å². The molecule has 19 heavy (non-hydrogen) atoms. The minimum absolute atomic E-state index is 0.00853. The average molecular weight is 276 g/mol. The van der Waals surface area contributed by atoms with Gasteiger partial charge in [-0.2, -0.15) is 5.10 Å². The van der Waals surface area contributed by atoms with E-state index in [1.165, 1.54) is 0 Å². The van der Waals surface area contributed by atoms with Crippen molar-refractivity contribution in [1.29, 1.82) is 0 Å². The van der Waals surface area contributed by atoms with Crippen LogP contribution in [0.5, 0.6) is 0 Å². The van der Waals surface area contributed by atoms with Crippen LogP contribution in [0.3, 0.4) is 0 Å². The molecule has 1 amide bonds. The van der Waals surface area contributed by atoms with E-state index in [0.29, 0.717) is 17.1 Å². The number of hydrogen-bond acceptors (Lipinski definition) is 3. The summed E-state index contributed by atoms with van der Waals surface area (Å²) in [5.74, 6) is -0.0879. The predicted octanol–water partition coefficient (Wildman–Crippen LogP) is 1.33. The largest absolute Gasteiger partial charge is 0.393 e. The van der Waals surface area contributed by atoms with Gasteiger partial charge in [-0.1, -0.05) is 25.2 Å².